The fourth-order valence-electron chi connectivity index (χ4n) is 3.65. The van der Waals surface area contributed by atoms with Gasteiger partial charge in [0.1, 0.15) is 0 Å². The van der Waals surface area contributed by atoms with Gasteiger partial charge in [-0.2, -0.15) is 0 Å². The molecule has 0 aromatic heterocycles. The topological polar surface area (TPSA) is 58.2 Å². The number of amides is 2. The van der Waals surface area contributed by atoms with E-state index in [2.05, 4.69) is 16.7 Å². The van der Waals surface area contributed by atoms with Gasteiger partial charge in [-0.1, -0.05) is 47.5 Å². The molecule has 0 saturated heterocycles. The zero-order chi connectivity index (χ0) is 19.2. The van der Waals surface area contributed by atoms with Crippen molar-refractivity contribution in [2.45, 2.75) is 46.1 Å². The largest absolute Gasteiger partial charge is 0.352 e. The van der Waals surface area contributed by atoms with Gasteiger partial charge >= 0.3 is 0 Å². The van der Waals surface area contributed by atoms with Gasteiger partial charge in [-0.15, -0.1) is 0 Å². The molecule has 0 heterocycles. The number of carbonyl (C=O) groups is 2. The van der Waals surface area contributed by atoms with Gasteiger partial charge in [-0.3, -0.25) is 9.59 Å². The van der Waals surface area contributed by atoms with Crippen LogP contribution in [0.2, 0.25) is 0 Å². The van der Waals surface area contributed by atoms with Gasteiger partial charge in [0.15, 0.2) is 0 Å². The molecular weight excluding hydrogens is 336 g/mol. The van der Waals surface area contributed by atoms with Crippen LogP contribution < -0.4 is 10.6 Å². The van der Waals surface area contributed by atoms with Crippen molar-refractivity contribution >= 4 is 17.5 Å². The summed E-state index contributed by atoms with van der Waals surface area (Å²) in [6.45, 7) is 4.64. The molecule has 2 N–H and O–H groups in total. The maximum absolute atomic E-state index is 12.5. The maximum Gasteiger partial charge on any atom is 0.227 e. The first-order valence-corrected chi connectivity index (χ1v) is 9.72. The Morgan fingerprint density at radius 1 is 0.852 bits per heavy atom. The number of aryl methyl sites for hydroxylation is 2. The Morgan fingerprint density at radius 3 is 2.11 bits per heavy atom. The molecule has 0 atom stereocenters. The Balaban J connectivity index is 1.44. The second kappa shape index (κ2) is 8.85. The summed E-state index contributed by atoms with van der Waals surface area (Å²) in [6, 6.07) is 16.0. The Bertz CT molecular complexity index is 790. The summed E-state index contributed by atoms with van der Waals surface area (Å²) in [5.74, 6) is 0.178. The molecule has 1 fully saturated rings. The van der Waals surface area contributed by atoms with Crippen molar-refractivity contribution in [1.82, 2.24) is 5.32 Å². The molecule has 142 valence electrons. The normalized spacial score (nSPS) is 19.3. The van der Waals surface area contributed by atoms with Crippen LogP contribution in [-0.4, -0.2) is 11.8 Å². The number of rotatable bonds is 5. The molecule has 2 aromatic carbocycles. The zero-order valence-corrected chi connectivity index (χ0v) is 16.1. The first kappa shape index (κ1) is 19.2. The quantitative estimate of drug-likeness (QED) is 0.828. The fraction of sp³-hybridized carbons (Fsp3) is 0.391. The first-order chi connectivity index (χ1) is 13.0. The first-order valence-electron chi connectivity index (χ1n) is 9.72. The van der Waals surface area contributed by atoms with Gasteiger partial charge in [-0.25, -0.2) is 0 Å². The van der Waals surface area contributed by atoms with Crippen LogP contribution in [0.3, 0.4) is 0 Å². The van der Waals surface area contributed by atoms with Crippen LogP contribution in [0.4, 0.5) is 5.69 Å². The molecule has 0 spiro atoms. The Morgan fingerprint density at radius 2 is 1.48 bits per heavy atom. The van der Waals surface area contributed by atoms with Crippen LogP contribution >= 0.6 is 0 Å². The van der Waals surface area contributed by atoms with E-state index in [1.54, 1.807) is 0 Å². The summed E-state index contributed by atoms with van der Waals surface area (Å²) in [4.78, 5) is 24.9. The van der Waals surface area contributed by atoms with Crippen molar-refractivity contribution in [3.63, 3.8) is 0 Å². The molecule has 4 nitrogen and oxygen atoms in total. The average molecular weight is 364 g/mol. The van der Waals surface area contributed by atoms with E-state index in [9.17, 15) is 9.59 Å². The van der Waals surface area contributed by atoms with E-state index < -0.39 is 0 Å². The molecular formula is C23H28N2O2. The van der Waals surface area contributed by atoms with E-state index in [1.807, 2.05) is 56.3 Å². The highest BCUT2D eigenvalue weighted by Crippen LogP contribution is 2.30. The highest BCUT2D eigenvalue weighted by Gasteiger charge is 2.29. The molecule has 4 heteroatoms. The van der Waals surface area contributed by atoms with Gasteiger partial charge in [-0.05, 0) is 57.2 Å². The minimum absolute atomic E-state index is 0.00729. The van der Waals surface area contributed by atoms with Gasteiger partial charge in [0, 0.05) is 24.1 Å². The number of carbonyl (C=O) groups excluding carboxylic acids is 2. The molecule has 0 bridgehead atoms. The summed E-state index contributed by atoms with van der Waals surface area (Å²) in [5, 5.41) is 6.04. The molecule has 2 aromatic rings. The fourth-order valence-corrected chi connectivity index (χ4v) is 3.65. The molecule has 27 heavy (non-hydrogen) atoms. The monoisotopic (exact) mass is 364 g/mol. The van der Waals surface area contributed by atoms with E-state index in [1.165, 1.54) is 11.1 Å². The van der Waals surface area contributed by atoms with E-state index >= 15 is 0 Å². The summed E-state index contributed by atoms with van der Waals surface area (Å²) in [6.07, 6.45) is 3.07. The highest BCUT2D eigenvalue weighted by molar-refractivity contribution is 5.92. The van der Waals surface area contributed by atoms with Crippen LogP contribution in [0, 0.1) is 25.7 Å². The van der Waals surface area contributed by atoms with E-state index in [0.29, 0.717) is 6.54 Å². The lowest BCUT2D eigenvalue weighted by Crippen LogP contribution is -2.35. The van der Waals surface area contributed by atoms with Gasteiger partial charge in [0.2, 0.25) is 11.8 Å². The van der Waals surface area contributed by atoms with Crippen LogP contribution in [-0.2, 0) is 16.1 Å². The SMILES string of the molecule is Cc1ccc(NC(=O)C2CCC(C(=O)NCc3cccc(C)c3)CC2)cc1. The van der Waals surface area contributed by atoms with E-state index in [0.717, 1.165) is 36.9 Å². The summed E-state index contributed by atoms with van der Waals surface area (Å²) in [7, 11) is 0. The van der Waals surface area contributed by atoms with Gasteiger partial charge < -0.3 is 10.6 Å². The number of anilines is 1. The number of hydrogen-bond acceptors (Lipinski definition) is 2. The Hall–Kier alpha value is -2.62. The third-order valence-electron chi connectivity index (χ3n) is 5.34. The average Bonchev–Trinajstić information content (AvgIpc) is 2.68. The molecule has 0 unspecified atom stereocenters. The lowest BCUT2D eigenvalue weighted by molar-refractivity contribution is -0.128. The van der Waals surface area contributed by atoms with E-state index in [4.69, 9.17) is 0 Å². The smallest absolute Gasteiger partial charge is 0.227 e. The second-order valence-corrected chi connectivity index (χ2v) is 7.61. The van der Waals surface area contributed by atoms with Crippen molar-refractivity contribution in [1.29, 1.82) is 0 Å². The van der Waals surface area contributed by atoms with Crippen molar-refractivity contribution < 1.29 is 9.59 Å². The van der Waals surface area contributed by atoms with Crippen LogP contribution in [0.5, 0.6) is 0 Å². The lowest BCUT2D eigenvalue weighted by Gasteiger charge is -2.27. The highest BCUT2D eigenvalue weighted by atomic mass is 16.2. The van der Waals surface area contributed by atoms with Crippen LogP contribution in [0.1, 0.15) is 42.4 Å². The molecule has 0 radical (unpaired) electrons. The lowest BCUT2D eigenvalue weighted by atomic mass is 9.81. The van der Waals surface area contributed by atoms with Crippen molar-refractivity contribution in [2.75, 3.05) is 5.32 Å². The summed E-state index contributed by atoms with van der Waals surface area (Å²) < 4.78 is 0. The predicted octanol–water partition coefficient (Wildman–Crippen LogP) is 4.36. The number of hydrogen-bond donors (Lipinski definition) is 2. The number of benzene rings is 2. The van der Waals surface area contributed by atoms with Crippen molar-refractivity contribution in [3.05, 3.63) is 65.2 Å². The third kappa shape index (κ3) is 5.43. The summed E-state index contributed by atoms with van der Waals surface area (Å²) >= 11 is 0. The minimum Gasteiger partial charge on any atom is -0.352 e. The molecule has 3 rings (SSSR count). The van der Waals surface area contributed by atoms with Crippen LogP contribution in [0.15, 0.2) is 48.5 Å². The number of nitrogens with one attached hydrogen (secondary N) is 2. The molecule has 1 saturated carbocycles. The second-order valence-electron chi connectivity index (χ2n) is 7.61. The Labute approximate surface area is 161 Å². The molecule has 1 aliphatic carbocycles. The Kier molecular flexibility index (Phi) is 6.28. The standard InChI is InChI=1S/C23H28N2O2/c1-16-6-12-21(13-7-16)25-23(27)20-10-8-19(9-11-20)22(26)24-15-18-5-3-4-17(2)14-18/h3-7,12-14,19-20H,8-11,15H2,1-2H3,(H,24,26)(H,25,27). The molecule has 1 aliphatic rings. The van der Waals surface area contributed by atoms with E-state index in [-0.39, 0.29) is 23.7 Å². The predicted molar refractivity (Wildman–Crippen MR) is 108 cm³/mol. The molecule has 0 aliphatic heterocycles. The zero-order valence-electron chi connectivity index (χ0n) is 16.1. The molecule has 2 amide bonds. The van der Waals surface area contributed by atoms with Crippen LogP contribution in [0.25, 0.3) is 0 Å². The minimum atomic E-state index is -0.00729. The van der Waals surface area contributed by atoms with Crippen molar-refractivity contribution in [2.24, 2.45) is 11.8 Å². The third-order valence-corrected chi connectivity index (χ3v) is 5.34. The van der Waals surface area contributed by atoms with Gasteiger partial charge in [0.25, 0.3) is 0 Å². The maximum atomic E-state index is 12.5. The van der Waals surface area contributed by atoms with Crippen molar-refractivity contribution in [3.8, 4) is 0 Å². The summed E-state index contributed by atoms with van der Waals surface area (Å²) in [5.41, 5.74) is 4.32. The van der Waals surface area contributed by atoms with Gasteiger partial charge in [0.05, 0.1) is 0 Å².